The molecule has 3 rings (SSSR count). The van der Waals surface area contributed by atoms with Crippen molar-refractivity contribution in [2.45, 2.75) is 6.92 Å². The summed E-state index contributed by atoms with van der Waals surface area (Å²) in [6.45, 7) is 1.97. The lowest BCUT2D eigenvalue weighted by Crippen LogP contribution is -2.11. The predicted octanol–water partition coefficient (Wildman–Crippen LogP) is 4.65. The maximum absolute atomic E-state index is 12.3. The summed E-state index contributed by atoms with van der Waals surface area (Å²) in [7, 11) is 0. The molecule has 23 heavy (non-hydrogen) atoms. The minimum Gasteiger partial charge on any atom is -0.422 e. The Morgan fingerprint density at radius 3 is 2.74 bits per heavy atom. The molecular formula is C19H13ClO3. The zero-order chi connectivity index (χ0) is 16.4. The SMILES string of the molecule is Cc1cccc(/C=C/C(=O)c2cc3cc(Cl)ccc3oc2=O)c1. The molecule has 0 aliphatic heterocycles. The van der Waals surface area contributed by atoms with Crippen LogP contribution >= 0.6 is 11.6 Å². The fourth-order valence-corrected chi connectivity index (χ4v) is 2.48. The summed E-state index contributed by atoms with van der Waals surface area (Å²) in [6, 6.07) is 14.1. The Kier molecular flexibility index (Phi) is 4.13. The lowest BCUT2D eigenvalue weighted by molar-refractivity contribution is 0.104. The van der Waals surface area contributed by atoms with Gasteiger partial charge in [0.1, 0.15) is 11.1 Å². The summed E-state index contributed by atoms with van der Waals surface area (Å²) in [4.78, 5) is 24.2. The van der Waals surface area contributed by atoms with Crippen molar-refractivity contribution in [1.29, 1.82) is 0 Å². The van der Waals surface area contributed by atoms with Crippen molar-refractivity contribution in [2.24, 2.45) is 0 Å². The highest BCUT2D eigenvalue weighted by molar-refractivity contribution is 6.31. The molecule has 0 saturated heterocycles. The first-order valence-corrected chi connectivity index (χ1v) is 7.43. The van der Waals surface area contributed by atoms with Crippen LogP contribution in [0.3, 0.4) is 0 Å². The minimum atomic E-state index is -0.654. The fraction of sp³-hybridized carbons (Fsp3) is 0.0526. The number of rotatable bonds is 3. The second kappa shape index (κ2) is 6.23. The van der Waals surface area contributed by atoms with Crippen LogP contribution in [-0.4, -0.2) is 5.78 Å². The van der Waals surface area contributed by atoms with Crippen molar-refractivity contribution in [1.82, 2.24) is 0 Å². The molecule has 3 aromatic rings. The molecule has 1 heterocycles. The van der Waals surface area contributed by atoms with E-state index in [-0.39, 0.29) is 5.56 Å². The Bertz CT molecular complexity index is 983. The van der Waals surface area contributed by atoms with Crippen LogP contribution in [0.25, 0.3) is 17.0 Å². The highest BCUT2D eigenvalue weighted by Crippen LogP contribution is 2.19. The number of benzene rings is 2. The molecule has 0 saturated carbocycles. The molecule has 0 aliphatic rings. The van der Waals surface area contributed by atoms with Crippen LogP contribution < -0.4 is 5.63 Å². The average Bonchev–Trinajstić information content (AvgIpc) is 2.52. The number of hydrogen-bond acceptors (Lipinski definition) is 3. The van der Waals surface area contributed by atoms with Crippen LogP contribution in [0, 0.1) is 6.92 Å². The van der Waals surface area contributed by atoms with Gasteiger partial charge < -0.3 is 4.42 Å². The van der Waals surface area contributed by atoms with E-state index in [0.717, 1.165) is 11.1 Å². The molecule has 0 unspecified atom stereocenters. The van der Waals surface area contributed by atoms with Gasteiger partial charge in [0, 0.05) is 10.4 Å². The number of carbonyl (C=O) groups is 1. The van der Waals surface area contributed by atoms with Gasteiger partial charge >= 0.3 is 5.63 Å². The molecule has 3 nitrogen and oxygen atoms in total. The van der Waals surface area contributed by atoms with Gasteiger partial charge in [0.25, 0.3) is 0 Å². The summed E-state index contributed by atoms with van der Waals surface area (Å²) < 4.78 is 5.17. The largest absolute Gasteiger partial charge is 0.422 e. The molecule has 1 aromatic heterocycles. The molecule has 0 radical (unpaired) electrons. The molecule has 0 N–H and O–H groups in total. The first-order valence-electron chi connectivity index (χ1n) is 7.05. The van der Waals surface area contributed by atoms with E-state index in [1.807, 2.05) is 31.2 Å². The van der Waals surface area contributed by atoms with Crippen LogP contribution in [0.15, 0.2) is 63.8 Å². The highest BCUT2D eigenvalue weighted by Gasteiger charge is 2.11. The molecule has 0 fully saturated rings. The van der Waals surface area contributed by atoms with Crippen molar-refractivity contribution in [3.05, 3.63) is 86.7 Å². The summed E-state index contributed by atoms with van der Waals surface area (Å²) in [6.07, 6.45) is 3.05. The Labute approximate surface area is 137 Å². The Morgan fingerprint density at radius 2 is 1.96 bits per heavy atom. The van der Waals surface area contributed by atoms with Gasteiger partial charge in [0.2, 0.25) is 0 Å². The van der Waals surface area contributed by atoms with E-state index in [1.165, 1.54) is 12.1 Å². The van der Waals surface area contributed by atoms with Crippen molar-refractivity contribution in [2.75, 3.05) is 0 Å². The van der Waals surface area contributed by atoms with E-state index in [9.17, 15) is 9.59 Å². The molecule has 2 aromatic carbocycles. The third-order valence-corrected chi connectivity index (χ3v) is 3.66. The van der Waals surface area contributed by atoms with Gasteiger partial charge in [0.15, 0.2) is 5.78 Å². The lowest BCUT2D eigenvalue weighted by atomic mass is 10.1. The second-order valence-corrected chi connectivity index (χ2v) is 5.68. The lowest BCUT2D eigenvalue weighted by Gasteiger charge is -2.00. The fourth-order valence-electron chi connectivity index (χ4n) is 2.30. The summed E-state index contributed by atoms with van der Waals surface area (Å²) >= 11 is 5.93. The molecule has 0 atom stereocenters. The van der Waals surface area contributed by atoms with E-state index < -0.39 is 11.4 Å². The quantitative estimate of drug-likeness (QED) is 0.400. The maximum Gasteiger partial charge on any atom is 0.347 e. The maximum atomic E-state index is 12.3. The van der Waals surface area contributed by atoms with Gasteiger partial charge in [-0.15, -0.1) is 0 Å². The molecular weight excluding hydrogens is 312 g/mol. The molecule has 0 amide bonds. The normalized spacial score (nSPS) is 11.2. The zero-order valence-corrected chi connectivity index (χ0v) is 13.1. The van der Waals surface area contributed by atoms with Gasteiger partial charge in [0.05, 0.1) is 0 Å². The molecule has 0 bridgehead atoms. The predicted molar refractivity (Wildman–Crippen MR) is 92.0 cm³/mol. The highest BCUT2D eigenvalue weighted by atomic mass is 35.5. The van der Waals surface area contributed by atoms with Crippen molar-refractivity contribution >= 4 is 34.4 Å². The van der Waals surface area contributed by atoms with Crippen LogP contribution in [0.4, 0.5) is 0 Å². The number of ketones is 1. The Hall–Kier alpha value is -2.65. The second-order valence-electron chi connectivity index (χ2n) is 5.24. The number of halogens is 1. The Balaban J connectivity index is 1.97. The van der Waals surface area contributed by atoms with E-state index in [2.05, 4.69) is 0 Å². The van der Waals surface area contributed by atoms with Gasteiger partial charge in [-0.3, -0.25) is 4.79 Å². The van der Waals surface area contributed by atoms with Crippen LogP contribution in [0.2, 0.25) is 5.02 Å². The van der Waals surface area contributed by atoms with Crippen LogP contribution in [0.1, 0.15) is 21.5 Å². The molecule has 114 valence electrons. The Morgan fingerprint density at radius 1 is 1.13 bits per heavy atom. The molecule has 0 aliphatic carbocycles. The molecule has 4 heteroatoms. The van der Waals surface area contributed by atoms with Crippen molar-refractivity contribution in [3.8, 4) is 0 Å². The van der Waals surface area contributed by atoms with E-state index >= 15 is 0 Å². The first-order chi connectivity index (χ1) is 11.0. The number of allylic oxidation sites excluding steroid dienone is 1. The number of hydrogen-bond donors (Lipinski definition) is 0. The summed E-state index contributed by atoms with van der Waals surface area (Å²) in [5, 5.41) is 1.13. The summed E-state index contributed by atoms with van der Waals surface area (Å²) in [5.74, 6) is -0.401. The van der Waals surface area contributed by atoms with Gasteiger partial charge in [-0.2, -0.15) is 0 Å². The van der Waals surface area contributed by atoms with Crippen LogP contribution in [-0.2, 0) is 0 Å². The van der Waals surface area contributed by atoms with Crippen molar-refractivity contribution < 1.29 is 9.21 Å². The monoisotopic (exact) mass is 324 g/mol. The topological polar surface area (TPSA) is 47.3 Å². The summed E-state index contributed by atoms with van der Waals surface area (Å²) in [5.41, 5.74) is 1.73. The number of aryl methyl sites for hydroxylation is 1. The number of fused-ring (bicyclic) bond motifs is 1. The zero-order valence-electron chi connectivity index (χ0n) is 12.4. The van der Waals surface area contributed by atoms with Gasteiger partial charge in [-0.25, -0.2) is 4.79 Å². The third-order valence-electron chi connectivity index (χ3n) is 3.43. The first kappa shape index (κ1) is 15.3. The minimum absolute atomic E-state index is 0.0105. The van der Waals surface area contributed by atoms with Gasteiger partial charge in [-0.05, 0) is 42.8 Å². The molecule has 0 spiro atoms. The third kappa shape index (κ3) is 3.41. The standard InChI is InChI=1S/C19H13ClO3/c1-12-3-2-4-13(9-12)5-7-17(21)16-11-14-10-15(20)6-8-18(14)23-19(16)22/h2-11H,1H3/b7-5+. The van der Waals surface area contributed by atoms with Crippen molar-refractivity contribution in [3.63, 3.8) is 0 Å². The van der Waals surface area contributed by atoms with Crippen LogP contribution in [0.5, 0.6) is 0 Å². The average molecular weight is 325 g/mol. The number of carbonyl (C=O) groups excluding carboxylic acids is 1. The smallest absolute Gasteiger partial charge is 0.347 e. The van der Waals surface area contributed by atoms with E-state index in [0.29, 0.717) is 16.0 Å². The van der Waals surface area contributed by atoms with E-state index in [4.69, 9.17) is 16.0 Å². The van der Waals surface area contributed by atoms with Gasteiger partial charge in [-0.1, -0.05) is 47.5 Å². The van der Waals surface area contributed by atoms with E-state index in [1.54, 1.807) is 24.3 Å².